The van der Waals surface area contributed by atoms with Crippen molar-refractivity contribution in [2.75, 3.05) is 28.4 Å². The number of hydrogen-bond donors (Lipinski definition) is 0. The molecular weight excluding hydrogens is 398 g/mol. The molecule has 0 aromatic heterocycles. The zero-order valence-corrected chi connectivity index (χ0v) is 18.0. The van der Waals surface area contributed by atoms with E-state index in [0.29, 0.717) is 23.4 Å². The van der Waals surface area contributed by atoms with Crippen LogP contribution in [-0.4, -0.2) is 45.3 Å². The molecule has 1 aliphatic heterocycles. The van der Waals surface area contributed by atoms with E-state index in [-0.39, 0.29) is 0 Å². The fourth-order valence-electron chi connectivity index (χ4n) is 3.52. The van der Waals surface area contributed by atoms with Crippen molar-refractivity contribution in [2.24, 2.45) is 0 Å². The van der Waals surface area contributed by atoms with Gasteiger partial charge >= 0.3 is 11.9 Å². The summed E-state index contributed by atoms with van der Waals surface area (Å²) in [5, 5.41) is 0. The highest BCUT2D eigenvalue weighted by Crippen LogP contribution is 2.38. The Morgan fingerprint density at radius 1 is 0.806 bits per heavy atom. The summed E-state index contributed by atoms with van der Waals surface area (Å²) < 4.78 is 20.6. The lowest BCUT2D eigenvalue weighted by molar-refractivity contribution is -0.137. The molecule has 162 valence electrons. The van der Waals surface area contributed by atoms with Gasteiger partial charge in [-0.15, -0.1) is 0 Å². The van der Waals surface area contributed by atoms with Gasteiger partial charge in [-0.2, -0.15) is 0 Å². The van der Waals surface area contributed by atoms with Crippen LogP contribution >= 0.6 is 0 Å². The number of nitrogens with zero attached hydrogens (tertiary/aromatic N) is 1. The normalized spacial score (nSPS) is 13.7. The topological polar surface area (TPSA) is 74.3 Å². The maximum absolute atomic E-state index is 12.7. The summed E-state index contributed by atoms with van der Waals surface area (Å²) >= 11 is 0. The summed E-state index contributed by atoms with van der Waals surface area (Å²) in [5.41, 5.74) is 2.36. The Labute approximate surface area is 181 Å². The van der Waals surface area contributed by atoms with Crippen LogP contribution < -0.4 is 9.47 Å². The van der Waals surface area contributed by atoms with Crippen LogP contribution in [0.25, 0.3) is 0 Å². The standard InChI is InChI=1S/C24H25NO6/c1-28-18-10-8-17(9-11-18)22-20(23(26)30-3)14-25(15-21(22)24(27)31-4)13-16-6-5-7-19(12-16)29-2/h5-12,14-15,22H,13H2,1-4H3. The number of esters is 2. The van der Waals surface area contributed by atoms with E-state index in [0.717, 1.165) is 16.9 Å². The fourth-order valence-corrected chi connectivity index (χ4v) is 3.52. The average Bonchev–Trinajstić information content (AvgIpc) is 2.82. The van der Waals surface area contributed by atoms with Crippen molar-refractivity contribution in [3.05, 3.63) is 83.2 Å². The summed E-state index contributed by atoms with van der Waals surface area (Å²) in [6, 6.07) is 14.8. The molecule has 0 bridgehead atoms. The van der Waals surface area contributed by atoms with Gasteiger partial charge in [0.25, 0.3) is 0 Å². The van der Waals surface area contributed by atoms with E-state index in [1.54, 1.807) is 43.7 Å². The molecule has 2 aromatic carbocycles. The molecule has 31 heavy (non-hydrogen) atoms. The fraction of sp³-hybridized carbons (Fsp3) is 0.250. The minimum atomic E-state index is -0.632. The molecule has 3 rings (SSSR count). The molecule has 0 aliphatic carbocycles. The SMILES string of the molecule is COC(=O)C1=CN(Cc2cccc(OC)c2)C=C(C(=O)OC)C1c1ccc(OC)cc1. The molecule has 1 heterocycles. The Balaban J connectivity index is 2.05. The summed E-state index contributed by atoms with van der Waals surface area (Å²) in [7, 11) is 5.81. The highest BCUT2D eigenvalue weighted by atomic mass is 16.5. The first-order valence-electron chi connectivity index (χ1n) is 9.63. The predicted molar refractivity (Wildman–Crippen MR) is 114 cm³/mol. The predicted octanol–water partition coefficient (Wildman–Crippen LogP) is 3.42. The van der Waals surface area contributed by atoms with Gasteiger partial charge in [0.05, 0.1) is 45.5 Å². The number of methoxy groups -OCH3 is 4. The second-order valence-corrected chi connectivity index (χ2v) is 6.88. The molecule has 0 saturated heterocycles. The van der Waals surface area contributed by atoms with Crippen LogP contribution in [0, 0.1) is 0 Å². The number of carbonyl (C=O) groups is 2. The van der Waals surface area contributed by atoms with Crippen molar-refractivity contribution in [1.29, 1.82) is 0 Å². The van der Waals surface area contributed by atoms with Crippen molar-refractivity contribution in [1.82, 2.24) is 4.90 Å². The molecule has 0 fully saturated rings. The molecule has 0 atom stereocenters. The number of rotatable bonds is 7. The maximum atomic E-state index is 12.7. The summed E-state index contributed by atoms with van der Waals surface area (Å²) in [5.74, 6) is -0.282. The first kappa shape index (κ1) is 22.0. The Bertz CT molecular complexity index is 975. The van der Waals surface area contributed by atoms with Crippen molar-refractivity contribution in [2.45, 2.75) is 12.5 Å². The van der Waals surface area contributed by atoms with Gasteiger partial charge < -0.3 is 23.8 Å². The summed E-state index contributed by atoms with van der Waals surface area (Å²) in [6.45, 7) is 0.424. The van der Waals surface area contributed by atoms with Crippen LogP contribution in [0.15, 0.2) is 72.1 Å². The zero-order chi connectivity index (χ0) is 22.4. The summed E-state index contributed by atoms with van der Waals surface area (Å²) in [6.07, 6.45) is 3.40. The van der Waals surface area contributed by atoms with E-state index in [4.69, 9.17) is 18.9 Å². The molecular formula is C24H25NO6. The summed E-state index contributed by atoms with van der Waals surface area (Å²) in [4.78, 5) is 27.1. The maximum Gasteiger partial charge on any atom is 0.336 e. The van der Waals surface area contributed by atoms with Gasteiger partial charge in [0.15, 0.2) is 0 Å². The second-order valence-electron chi connectivity index (χ2n) is 6.88. The van der Waals surface area contributed by atoms with Crippen LogP contribution in [0.3, 0.4) is 0 Å². The van der Waals surface area contributed by atoms with E-state index >= 15 is 0 Å². The van der Waals surface area contributed by atoms with Gasteiger partial charge in [0.2, 0.25) is 0 Å². The van der Waals surface area contributed by atoms with Crippen molar-refractivity contribution >= 4 is 11.9 Å². The molecule has 0 saturated carbocycles. The van der Waals surface area contributed by atoms with Gasteiger partial charge in [-0.25, -0.2) is 9.59 Å². The number of benzene rings is 2. The first-order chi connectivity index (χ1) is 15.0. The molecule has 0 unspecified atom stereocenters. The zero-order valence-electron chi connectivity index (χ0n) is 18.0. The third kappa shape index (κ3) is 4.88. The van der Waals surface area contributed by atoms with Gasteiger partial charge in [-0.05, 0) is 35.4 Å². The molecule has 0 spiro atoms. The number of carbonyl (C=O) groups excluding carboxylic acids is 2. The van der Waals surface area contributed by atoms with Crippen LogP contribution in [-0.2, 0) is 25.6 Å². The van der Waals surface area contributed by atoms with E-state index < -0.39 is 17.9 Å². The van der Waals surface area contributed by atoms with Crippen LogP contribution in [0.2, 0.25) is 0 Å². The molecule has 0 N–H and O–H groups in total. The third-order valence-corrected chi connectivity index (χ3v) is 5.02. The van der Waals surface area contributed by atoms with Gasteiger partial charge in [-0.1, -0.05) is 24.3 Å². The Morgan fingerprint density at radius 3 is 1.90 bits per heavy atom. The van der Waals surface area contributed by atoms with E-state index in [1.807, 2.05) is 36.4 Å². The minimum Gasteiger partial charge on any atom is -0.497 e. The Hall–Kier alpha value is -3.74. The largest absolute Gasteiger partial charge is 0.497 e. The highest BCUT2D eigenvalue weighted by Gasteiger charge is 2.35. The van der Waals surface area contributed by atoms with Crippen molar-refractivity contribution < 1.29 is 28.5 Å². The van der Waals surface area contributed by atoms with E-state index in [1.165, 1.54) is 14.2 Å². The van der Waals surface area contributed by atoms with E-state index in [9.17, 15) is 9.59 Å². The number of ether oxygens (including phenoxy) is 4. The first-order valence-corrected chi connectivity index (χ1v) is 9.63. The van der Waals surface area contributed by atoms with Crippen molar-refractivity contribution in [3.63, 3.8) is 0 Å². The monoisotopic (exact) mass is 423 g/mol. The molecule has 1 aliphatic rings. The number of hydrogen-bond acceptors (Lipinski definition) is 7. The van der Waals surface area contributed by atoms with Crippen molar-refractivity contribution in [3.8, 4) is 11.5 Å². The average molecular weight is 423 g/mol. The van der Waals surface area contributed by atoms with Gasteiger partial charge in [0.1, 0.15) is 11.5 Å². The molecule has 7 nitrogen and oxygen atoms in total. The molecule has 0 amide bonds. The van der Waals surface area contributed by atoms with Gasteiger partial charge in [-0.3, -0.25) is 0 Å². The van der Waals surface area contributed by atoms with Crippen LogP contribution in [0.4, 0.5) is 0 Å². The smallest absolute Gasteiger partial charge is 0.336 e. The van der Waals surface area contributed by atoms with E-state index in [2.05, 4.69) is 0 Å². The Kier molecular flexibility index (Phi) is 6.97. The lowest BCUT2D eigenvalue weighted by Crippen LogP contribution is -2.28. The second kappa shape index (κ2) is 9.84. The lowest BCUT2D eigenvalue weighted by Gasteiger charge is -2.30. The molecule has 0 radical (unpaired) electrons. The van der Waals surface area contributed by atoms with Crippen LogP contribution in [0.1, 0.15) is 17.0 Å². The lowest BCUT2D eigenvalue weighted by atomic mass is 9.83. The van der Waals surface area contributed by atoms with Gasteiger partial charge in [0, 0.05) is 18.9 Å². The Morgan fingerprint density at radius 2 is 1.39 bits per heavy atom. The van der Waals surface area contributed by atoms with Crippen LogP contribution in [0.5, 0.6) is 11.5 Å². The molecule has 2 aromatic rings. The third-order valence-electron chi connectivity index (χ3n) is 5.02. The quantitative estimate of drug-likeness (QED) is 0.632. The molecule has 7 heteroatoms. The minimum absolute atomic E-state index is 0.332. The highest BCUT2D eigenvalue weighted by molar-refractivity contribution is 5.98.